The quantitative estimate of drug-likeness (QED) is 0.640. The van der Waals surface area contributed by atoms with Crippen LogP contribution in [0.15, 0.2) is 23.3 Å². The van der Waals surface area contributed by atoms with Gasteiger partial charge in [-0.15, -0.1) is 11.3 Å². The van der Waals surface area contributed by atoms with Crippen LogP contribution in [0.3, 0.4) is 0 Å². The molecule has 1 aromatic carbocycles. The largest absolute Gasteiger partial charge is 0.489 e. The van der Waals surface area contributed by atoms with Gasteiger partial charge in [0.1, 0.15) is 0 Å². The van der Waals surface area contributed by atoms with E-state index in [0.29, 0.717) is 34.6 Å². The Morgan fingerprint density at radius 3 is 2.92 bits per heavy atom. The standard InChI is InChI=1S/C18H19ClN2O3S/c1-3-15-11(2)7-16(25-15)18(22)21-20-10-12-8-13(19)17-14(9-12)23-5-4-6-24-17/h7-10H,3-6H2,1-2H3,(H,21,22)/b20-10-. The first-order valence-electron chi connectivity index (χ1n) is 8.10. The van der Waals surface area contributed by atoms with Gasteiger partial charge in [0, 0.05) is 11.3 Å². The summed E-state index contributed by atoms with van der Waals surface area (Å²) in [6.45, 7) is 5.25. The molecule has 2 aromatic rings. The van der Waals surface area contributed by atoms with Crippen molar-refractivity contribution in [1.82, 2.24) is 5.43 Å². The average Bonchev–Trinajstić information content (AvgIpc) is 2.80. The number of benzene rings is 1. The highest BCUT2D eigenvalue weighted by atomic mass is 35.5. The molecular weight excluding hydrogens is 360 g/mol. The summed E-state index contributed by atoms with van der Waals surface area (Å²) >= 11 is 7.73. The molecule has 0 atom stereocenters. The van der Waals surface area contributed by atoms with Gasteiger partial charge in [-0.2, -0.15) is 5.10 Å². The van der Waals surface area contributed by atoms with Gasteiger partial charge in [-0.05, 0) is 42.7 Å². The van der Waals surface area contributed by atoms with Crippen molar-refractivity contribution in [3.63, 3.8) is 0 Å². The number of carbonyl (C=O) groups is 1. The molecule has 3 rings (SSSR count). The zero-order valence-corrected chi connectivity index (χ0v) is 15.7. The summed E-state index contributed by atoms with van der Waals surface area (Å²) in [4.78, 5) is 14.0. The molecule has 1 N–H and O–H groups in total. The molecule has 1 aliphatic rings. The highest BCUT2D eigenvalue weighted by Crippen LogP contribution is 2.37. The summed E-state index contributed by atoms with van der Waals surface area (Å²) in [7, 11) is 0. The first kappa shape index (κ1) is 17.8. The van der Waals surface area contributed by atoms with Gasteiger partial charge in [0.05, 0.1) is 29.3 Å². The monoisotopic (exact) mass is 378 g/mol. The molecule has 1 aromatic heterocycles. The van der Waals surface area contributed by atoms with Gasteiger partial charge in [-0.3, -0.25) is 4.79 Å². The van der Waals surface area contributed by atoms with E-state index in [2.05, 4.69) is 17.5 Å². The van der Waals surface area contributed by atoms with Crippen LogP contribution in [0.25, 0.3) is 0 Å². The highest BCUT2D eigenvalue weighted by Gasteiger charge is 2.15. The molecule has 2 heterocycles. The number of amides is 1. The lowest BCUT2D eigenvalue weighted by molar-refractivity contribution is 0.0959. The van der Waals surface area contributed by atoms with Gasteiger partial charge >= 0.3 is 0 Å². The second-order valence-corrected chi connectivity index (χ2v) is 7.19. The second-order valence-electron chi connectivity index (χ2n) is 5.65. The maximum absolute atomic E-state index is 12.2. The number of fused-ring (bicyclic) bond motifs is 1. The Bertz CT molecular complexity index is 817. The molecule has 0 saturated carbocycles. The molecule has 5 nitrogen and oxygen atoms in total. The zero-order valence-electron chi connectivity index (χ0n) is 14.1. The van der Waals surface area contributed by atoms with Crippen LogP contribution >= 0.6 is 22.9 Å². The van der Waals surface area contributed by atoms with Crippen molar-refractivity contribution in [3.05, 3.63) is 44.1 Å². The van der Waals surface area contributed by atoms with E-state index in [4.69, 9.17) is 21.1 Å². The van der Waals surface area contributed by atoms with Crippen LogP contribution < -0.4 is 14.9 Å². The van der Waals surface area contributed by atoms with Crippen molar-refractivity contribution in [2.24, 2.45) is 5.10 Å². The molecule has 7 heteroatoms. The van der Waals surface area contributed by atoms with Crippen LogP contribution in [0.2, 0.25) is 5.02 Å². The van der Waals surface area contributed by atoms with Gasteiger partial charge in [0.15, 0.2) is 11.5 Å². The van der Waals surface area contributed by atoms with Crippen molar-refractivity contribution in [1.29, 1.82) is 0 Å². The third-order valence-electron chi connectivity index (χ3n) is 3.77. The Morgan fingerprint density at radius 2 is 2.16 bits per heavy atom. The summed E-state index contributed by atoms with van der Waals surface area (Å²) in [5.74, 6) is 0.935. The first-order valence-corrected chi connectivity index (χ1v) is 9.29. The van der Waals surface area contributed by atoms with Crippen LogP contribution in [-0.2, 0) is 6.42 Å². The Kier molecular flexibility index (Phi) is 5.60. The van der Waals surface area contributed by atoms with Crippen LogP contribution in [0, 0.1) is 6.92 Å². The molecule has 0 bridgehead atoms. The summed E-state index contributed by atoms with van der Waals surface area (Å²) in [5, 5.41) is 4.49. The third-order valence-corrected chi connectivity index (χ3v) is 5.43. The average molecular weight is 379 g/mol. The maximum Gasteiger partial charge on any atom is 0.281 e. The van der Waals surface area contributed by atoms with Gasteiger partial charge in [-0.1, -0.05) is 18.5 Å². The number of ether oxygens (including phenoxy) is 2. The molecule has 1 aliphatic heterocycles. The Morgan fingerprint density at radius 1 is 1.36 bits per heavy atom. The van der Waals surface area contributed by atoms with Crippen molar-refractivity contribution in [3.8, 4) is 11.5 Å². The number of halogens is 1. The normalized spacial score (nSPS) is 13.7. The molecule has 0 unspecified atom stereocenters. The number of hydrazone groups is 1. The van der Waals surface area contributed by atoms with E-state index in [1.807, 2.05) is 13.0 Å². The fourth-order valence-corrected chi connectivity index (χ4v) is 3.81. The zero-order chi connectivity index (χ0) is 17.8. The van der Waals surface area contributed by atoms with E-state index >= 15 is 0 Å². The molecule has 1 amide bonds. The lowest BCUT2D eigenvalue weighted by Crippen LogP contribution is -2.16. The predicted molar refractivity (Wildman–Crippen MR) is 101 cm³/mol. The van der Waals surface area contributed by atoms with Crippen molar-refractivity contribution in [2.45, 2.75) is 26.7 Å². The van der Waals surface area contributed by atoms with E-state index in [9.17, 15) is 4.79 Å². The summed E-state index contributed by atoms with van der Waals surface area (Å²) < 4.78 is 11.2. The molecule has 0 spiro atoms. The number of nitrogens with zero attached hydrogens (tertiary/aromatic N) is 1. The van der Waals surface area contributed by atoms with Gasteiger partial charge in [0.25, 0.3) is 5.91 Å². The predicted octanol–water partition coefficient (Wildman–Crippen LogP) is 4.20. The van der Waals surface area contributed by atoms with Crippen LogP contribution in [0.5, 0.6) is 11.5 Å². The van der Waals surface area contributed by atoms with E-state index in [1.54, 1.807) is 18.3 Å². The molecule has 0 saturated heterocycles. The van der Waals surface area contributed by atoms with Crippen molar-refractivity contribution in [2.75, 3.05) is 13.2 Å². The Labute approximate surface area is 155 Å². The van der Waals surface area contributed by atoms with E-state index in [1.165, 1.54) is 16.2 Å². The van der Waals surface area contributed by atoms with Gasteiger partial charge in [0.2, 0.25) is 0 Å². The lowest BCUT2D eigenvalue weighted by Gasteiger charge is -2.09. The van der Waals surface area contributed by atoms with Crippen LogP contribution in [-0.4, -0.2) is 25.3 Å². The maximum atomic E-state index is 12.2. The molecule has 0 aliphatic carbocycles. The summed E-state index contributed by atoms with van der Waals surface area (Å²) in [5.41, 5.74) is 4.41. The SMILES string of the molecule is CCc1sc(C(=O)N/N=C\c2cc(Cl)c3c(c2)OCCCO3)cc1C. The number of carbonyl (C=O) groups excluding carboxylic acids is 1. The molecule has 0 fully saturated rings. The van der Waals surface area contributed by atoms with E-state index in [0.717, 1.165) is 24.0 Å². The number of rotatable bonds is 4. The fourth-order valence-electron chi connectivity index (χ4n) is 2.53. The number of nitrogens with one attached hydrogen (secondary N) is 1. The lowest BCUT2D eigenvalue weighted by atomic mass is 10.2. The Balaban J connectivity index is 1.70. The molecular formula is C18H19ClN2O3S. The van der Waals surface area contributed by atoms with Crippen molar-refractivity contribution >= 4 is 35.1 Å². The fraction of sp³-hybridized carbons (Fsp3) is 0.333. The van der Waals surface area contributed by atoms with Crippen LogP contribution in [0.4, 0.5) is 0 Å². The topological polar surface area (TPSA) is 59.9 Å². The minimum absolute atomic E-state index is 0.218. The smallest absolute Gasteiger partial charge is 0.281 e. The second kappa shape index (κ2) is 7.89. The van der Waals surface area contributed by atoms with Crippen molar-refractivity contribution < 1.29 is 14.3 Å². The molecule has 132 valence electrons. The Hall–Kier alpha value is -2.05. The first-order chi connectivity index (χ1) is 12.1. The van der Waals surface area contributed by atoms with E-state index in [-0.39, 0.29) is 5.91 Å². The minimum atomic E-state index is -0.218. The van der Waals surface area contributed by atoms with Gasteiger partial charge in [-0.25, -0.2) is 5.43 Å². The van der Waals surface area contributed by atoms with Crippen LogP contribution in [0.1, 0.15) is 39.0 Å². The van der Waals surface area contributed by atoms with E-state index < -0.39 is 0 Å². The highest BCUT2D eigenvalue weighted by molar-refractivity contribution is 7.14. The van der Waals surface area contributed by atoms with Gasteiger partial charge < -0.3 is 9.47 Å². The summed E-state index contributed by atoms with van der Waals surface area (Å²) in [6, 6.07) is 5.42. The number of thiophene rings is 1. The molecule has 25 heavy (non-hydrogen) atoms. The minimum Gasteiger partial charge on any atom is -0.489 e. The number of hydrogen-bond acceptors (Lipinski definition) is 5. The number of hydrogen-bond donors (Lipinski definition) is 1. The number of aryl methyl sites for hydroxylation is 2. The summed E-state index contributed by atoms with van der Waals surface area (Å²) in [6.07, 6.45) is 3.27. The third kappa shape index (κ3) is 4.14. The molecule has 0 radical (unpaired) electrons.